The minimum Gasteiger partial charge on any atom is -0.464 e. The highest BCUT2D eigenvalue weighted by molar-refractivity contribution is 7.07. The van der Waals surface area contributed by atoms with Gasteiger partial charge < -0.3 is 10.1 Å². The summed E-state index contributed by atoms with van der Waals surface area (Å²) >= 11 is 1.36. The van der Waals surface area contributed by atoms with Crippen LogP contribution in [-0.2, 0) is 5.41 Å². The predicted octanol–water partition coefficient (Wildman–Crippen LogP) is 2.21. The zero-order valence-electron chi connectivity index (χ0n) is 11.0. The molecule has 4 nitrogen and oxygen atoms in total. The van der Waals surface area contributed by atoms with Crippen LogP contribution in [-0.4, -0.2) is 28.6 Å². The van der Waals surface area contributed by atoms with Crippen molar-refractivity contribution < 1.29 is 4.74 Å². The van der Waals surface area contributed by atoms with E-state index in [0.717, 1.165) is 25.3 Å². The van der Waals surface area contributed by atoms with Gasteiger partial charge in [0.05, 0.1) is 0 Å². The Morgan fingerprint density at radius 2 is 2.18 bits per heavy atom. The molecule has 17 heavy (non-hydrogen) atoms. The molecule has 0 amide bonds. The highest BCUT2D eigenvalue weighted by Gasteiger charge is 2.25. The Morgan fingerprint density at radius 3 is 2.76 bits per heavy atom. The van der Waals surface area contributed by atoms with Crippen LogP contribution in [0, 0.1) is 5.92 Å². The molecule has 2 unspecified atom stereocenters. The van der Waals surface area contributed by atoms with E-state index in [1.54, 1.807) is 0 Å². The summed E-state index contributed by atoms with van der Waals surface area (Å²) in [5, 5.41) is 4.06. The van der Waals surface area contributed by atoms with E-state index in [-0.39, 0.29) is 11.5 Å². The Labute approximate surface area is 107 Å². The van der Waals surface area contributed by atoms with Crippen LogP contribution in [0.4, 0.5) is 0 Å². The Hall–Kier alpha value is -0.680. The molecule has 0 saturated carbocycles. The first-order valence-electron chi connectivity index (χ1n) is 6.18. The van der Waals surface area contributed by atoms with Crippen LogP contribution in [0.1, 0.15) is 39.9 Å². The lowest BCUT2D eigenvalue weighted by molar-refractivity contribution is 0.114. The molecule has 2 atom stereocenters. The average molecular weight is 255 g/mol. The van der Waals surface area contributed by atoms with E-state index in [9.17, 15) is 0 Å². The third kappa shape index (κ3) is 3.16. The summed E-state index contributed by atoms with van der Waals surface area (Å²) < 4.78 is 10.3. The van der Waals surface area contributed by atoms with Crippen LogP contribution in [0.25, 0.3) is 0 Å². The molecule has 1 aliphatic rings. The van der Waals surface area contributed by atoms with Gasteiger partial charge in [0.1, 0.15) is 6.10 Å². The zero-order chi connectivity index (χ0) is 12.5. The average Bonchev–Trinajstić information content (AvgIpc) is 2.69. The maximum atomic E-state index is 5.93. The zero-order valence-corrected chi connectivity index (χ0v) is 11.8. The fourth-order valence-corrected chi connectivity index (χ4v) is 2.58. The number of piperidine rings is 1. The molecule has 1 aliphatic heterocycles. The van der Waals surface area contributed by atoms with Crippen LogP contribution in [0.5, 0.6) is 5.19 Å². The van der Waals surface area contributed by atoms with Gasteiger partial charge in [-0.1, -0.05) is 27.7 Å². The first kappa shape index (κ1) is 12.8. The molecule has 2 heterocycles. The second-order valence-corrected chi connectivity index (χ2v) is 6.47. The Balaban J connectivity index is 2.01. The number of ether oxygens (including phenoxy) is 1. The minimum absolute atomic E-state index is 0.00542. The molecule has 96 valence electrons. The summed E-state index contributed by atoms with van der Waals surface area (Å²) in [7, 11) is 0. The molecule has 0 bridgehead atoms. The van der Waals surface area contributed by atoms with Gasteiger partial charge >= 0.3 is 0 Å². The van der Waals surface area contributed by atoms with Crippen molar-refractivity contribution in [3.8, 4) is 5.19 Å². The van der Waals surface area contributed by atoms with Gasteiger partial charge in [0.2, 0.25) is 0 Å². The normalized spacial score (nSPS) is 25.9. The molecule has 0 aromatic carbocycles. The molecule has 0 radical (unpaired) electrons. The maximum absolute atomic E-state index is 5.93. The second-order valence-electron chi connectivity index (χ2n) is 5.76. The van der Waals surface area contributed by atoms with Crippen LogP contribution < -0.4 is 10.1 Å². The van der Waals surface area contributed by atoms with E-state index < -0.39 is 0 Å². The Morgan fingerprint density at radius 1 is 1.41 bits per heavy atom. The molecule has 1 fully saturated rings. The number of aromatic nitrogens is 2. The number of nitrogens with zero attached hydrogens (tertiary/aromatic N) is 2. The first-order chi connectivity index (χ1) is 7.97. The fourth-order valence-electron chi connectivity index (χ4n) is 1.81. The summed E-state index contributed by atoms with van der Waals surface area (Å²) in [5.74, 6) is 1.45. The molecule has 1 aromatic rings. The van der Waals surface area contributed by atoms with E-state index >= 15 is 0 Å². The third-order valence-electron chi connectivity index (χ3n) is 3.09. The standard InChI is InChI=1S/C12H21N3OS/c1-8-5-6-13-7-9(8)16-11-14-10(15-17-11)12(2,3)4/h8-9,13H,5-7H2,1-4H3. The SMILES string of the molecule is CC1CCNCC1Oc1nc(C(C)(C)C)ns1. The predicted molar refractivity (Wildman–Crippen MR) is 69.7 cm³/mol. The van der Waals surface area contributed by atoms with E-state index in [0.29, 0.717) is 11.1 Å². The van der Waals surface area contributed by atoms with Crippen molar-refractivity contribution in [3.63, 3.8) is 0 Å². The summed E-state index contributed by atoms with van der Waals surface area (Å²) in [6.45, 7) is 10.6. The number of nitrogens with one attached hydrogen (secondary N) is 1. The lowest BCUT2D eigenvalue weighted by Crippen LogP contribution is -2.42. The first-order valence-corrected chi connectivity index (χ1v) is 6.96. The van der Waals surface area contributed by atoms with Crippen molar-refractivity contribution in [3.05, 3.63) is 5.82 Å². The second kappa shape index (κ2) is 4.90. The highest BCUT2D eigenvalue weighted by atomic mass is 32.1. The molecule has 5 heteroatoms. The summed E-state index contributed by atoms with van der Waals surface area (Å²) in [6.07, 6.45) is 1.39. The number of hydrogen-bond donors (Lipinski definition) is 1. The van der Waals surface area contributed by atoms with Crippen molar-refractivity contribution in [2.45, 2.75) is 45.6 Å². The van der Waals surface area contributed by atoms with Gasteiger partial charge in [-0.3, -0.25) is 0 Å². The smallest absolute Gasteiger partial charge is 0.293 e. The molecule has 0 aliphatic carbocycles. The monoisotopic (exact) mass is 255 g/mol. The Bertz CT molecular complexity index is 372. The third-order valence-corrected chi connectivity index (χ3v) is 3.69. The fraction of sp³-hybridized carbons (Fsp3) is 0.833. The molecule has 2 rings (SSSR count). The van der Waals surface area contributed by atoms with E-state index in [1.165, 1.54) is 11.5 Å². The van der Waals surface area contributed by atoms with E-state index in [1.807, 2.05) is 0 Å². The van der Waals surface area contributed by atoms with E-state index in [2.05, 4.69) is 42.4 Å². The van der Waals surface area contributed by atoms with Crippen LogP contribution in [0.2, 0.25) is 0 Å². The van der Waals surface area contributed by atoms with Crippen molar-refractivity contribution in [2.24, 2.45) is 5.92 Å². The lowest BCUT2D eigenvalue weighted by atomic mass is 9.96. The molecular formula is C12H21N3OS. The van der Waals surface area contributed by atoms with Gasteiger partial charge in [0.25, 0.3) is 5.19 Å². The van der Waals surface area contributed by atoms with Gasteiger partial charge in [-0.15, -0.1) is 0 Å². The molecule has 0 spiro atoms. The van der Waals surface area contributed by atoms with Gasteiger partial charge in [0.15, 0.2) is 5.82 Å². The summed E-state index contributed by atoms with van der Waals surface area (Å²) in [4.78, 5) is 4.47. The van der Waals surface area contributed by atoms with E-state index in [4.69, 9.17) is 4.74 Å². The van der Waals surface area contributed by atoms with Crippen LogP contribution >= 0.6 is 11.5 Å². The van der Waals surface area contributed by atoms with Crippen molar-refractivity contribution >= 4 is 11.5 Å². The Kier molecular flexibility index (Phi) is 3.68. The van der Waals surface area contributed by atoms with Gasteiger partial charge in [-0.25, -0.2) is 0 Å². The van der Waals surface area contributed by atoms with Crippen molar-refractivity contribution in [2.75, 3.05) is 13.1 Å². The van der Waals surface area contributed by atoms with Crippen molar-refractivity contribution in [1.82, 2.24) is 14.7 Å². The summed E-state index contributed by atoms with van der Waals surface area (Å²) in [6, 6.07) is 0. The quantitative estimate of drug-likeness (QED) is 0.880. The molecule has 1 aromatic heterocycles. The van der Waals surface area contributed by atoms with Crippen LogP contribution in [0.3, 0.4) is 0 Å². The minimum atomic E-state index is -0.00542. The van der Waals surface area contributed by atoms with Gasteiger partial charge in [-0.2, -0.15) is 9.36 Å². The van der Waals surface area contributed by atoms with Gasteiger partial charge in [-0.05, 0) is 18.9 Å². The largest absolute Gasteiger partial charge is 0.464 e. The van der Waals surface area contributed by atoms with Crippen LogP contribution in [0.15, 0.2) is 0 Å². The summed E-state index contributed by atoms with van der Waals surface area (Å²) in [5.41, 5.74) is -0.00542. The molecule has 1 saturated heterocycles. The molecular weight excluding hydrogens is 234 g/mol. The number of hydrogen-bond acceptors (Lipinski definition) is 5. The van der Waals surface area contributed by atoms with Gasteiger partial charge in [0, 0.05) is 23.5 Å². The lowest BCUT2D eigenvalue weighted by Gasteiger charge is -2.28. The van der Waals surface area contributed by atoms with Crippen molar-refractivity contribution in [1.29, 1.82) is 0 Å². The maximum Gasteiger partial charge on any atom is 0.293 e. The number of rotatable bonds is 2. The topological polar surface area (TPSA) is 47.0 Å². The highest BCUT2D eigenvalue weighted by Crippen LogP contribution is 2.26. The molecule has 1 N–H and O–H groups in total.